The van der Waals surface area contributed by atoms with Gasteiger partial charge in [0.15, 0.2) is 23.0 Å². The molecule has 0 aliphatic carbocycles. The second-order valence-corrected chi connectivity index (χ2v) is 38.8. The van der Waals surface area contributed by atoms with Crippen molar-refractivity contribution in [3.63, 3.8) is 0 Å². The molecule has 26 heteroatoms. The molecule has 22 nitrogen and oxygen atoms in total. The molecule has 0 spiro atoms. The average Bonchev–Trinajstić information content (AvgIpc) is 1.54. The number of carbonyl (C=O) groups excluding carboxylic acids is 2. The number of unbranched alkanes of at least 4 members (excludes halogenated alkanes) is 8. The highest BCUT2D eigenvalue weighted by Crippen LogP contribution is 2.48. The number of carbonyl (C=O) groups is 2. The van der Waals surface area contributed by atoms with E-state index in [4.69, 9.17) is 43.6 Å². The molecule has 1 N–H and O–H groups in total. The number of hydrogen-bond acceptors (Lipinski definition) is 17. The fraction of sp³-hybridized carbons (Fsp3) is 0.627. The molecule has 12 rings (SSSR count). The molecule has 0 radical (unpaired) electrons. The first-order valence-electron chi connectivity index (χ1n) is 40.4. The lowest BCUT2D eigenvalue weighted by Gasteiger charge is -2.41. The largest absolute Gasteiger partial charge is 1.00 e. The van der Waals surface area contributed by atoms with E-state index >= 15 is 0 Å². The maximum absolute atomic E-state index is 14.0. The predicted molar refractivity (Wildman–Crippen MR) is 440 cm³/mol. The molecule has 0 saturated carbocycles. The zero-order valence-electron chi connectivity index (χ0n) is 68.8. The first-order chi connectivity index (χ1) is 52.0. The number of amides is 2. The van der Waals surface area contributed by atoms with E-state index in [2.05, 4.69) is 100 Å². The van der Waals surface area contributed by atoms with Gasteiger partial charge in [0, 0.05) is 58.2 Å². The summed E-state index contributed by atoms with van der Waals surface area (Å²) in [6.07, 6.45) is 23.6. The third-order valence-electron chi connectivity index (χ3n) is 21.6. The van der Waals surface area contributed by atoms with Gasteiger partial charge in [-0.3, -0.25) is 14.7 Å². The van der Waals surface area contributed by atoms with Gasteiger partial charge in [0.1, 0.15) is 56.4 Å². The lowest BCUT2D eigenvalue weighted by molar-refractivity contribution is -0.929. The average molecular weight is 1560 g/mol. The van der Waals surface area contributed by atoms with Crippen molar-refractivity contribution in [3.8, 4) is 68.3 Å². The number of aromatic amines is 1. The van der Waals surface area contributed by atoms with Crippen LogP contribution in [0.4, 0.5) is 0 Å². The monoisotopic (exact) mass is 1560 g/mol. The zero-order chi connectivity index (χ0) is 77.7. The number of methoxy groups -OCH3 is 2. The van der Waals surface area contributed by atoms with Crippen LogP contribution in [-0.4, -0.2) is 202 Å². The lowest BCUT2D eigenvalue weighted by Crippen LogP contribution is -3.00. The van der Waals surface area contributed by atoms with Crippen molar-refractivity contribution >= 4 is 48.4 Å². The molecule has 5 aliphatic rings. The number of ether oxygens (including phenoxy) is 6. The van der Waals surface area contributed by atoms with Crippen molar-refractivity contribution in [1.29, 1.82) is 0 Å². The number of azo groups is 1. The van der Waals surface area contributed by atoms with Crippen LogP contribution in [0.2, 0.25) is 19.6 Å². The molecule has 2 saturated heterocycles. The van der Waals surface area contributed by atoms with Crippen LogP contribution in [0.1, 0.15) is 223 Å². The number of quaternary nitrogens is 2. The Labute approximate surface area is 658 Å². The number of hydrogen-bond donors (Lipinski definition) is 1. The van der Waals surface area contributed by atoms with Gasteiger partial charge in [0.25, 0.3) is 11.8 Å². The minimum atomic E-state index is -1.67. The van der Waals surface area contributed by atoms with Crippen molar-refractivity contribution in [3.05, 3.63) is 92.3 Å². The minimum Gasteiger partial charge on any atom is -1.00 e. The minimum absolute atomic E-state index is 0. The normalized spacial score (nSPS) is 16.1. The summed E-state index contributed by atoms with van der Waals surface area (Å²) in [7, 11) is 1.55. The number of morpholine rings is 2. The summed E-state index contributed by atoms with van der Waals surface area (Å²) in [6.45, 7) is 48.2. The number of halogens is 1. The summed E-state index contributed by atoms with van der Waals surface area (Å²) in [4.78, 5) is 40.7. The van der Waals surface area contributed by atoms with E-state index in [-0.39, 0.29) is 35.5 Å². The molecule has 10 heterocycles. The summed E-state index contributed by atoms with van der Waals surface area (Å²) in [5.74, 6) is 3.25. The Balaban J connectivity index is 0.000000196. The molecule has 2 aromatic carbocycles. The number of benzene rings is 2. The molecule has 2 amide bonds. The van der Waals surface area contributed by atoms with E-state index in [9.17, 15) is 9.59 Å². The smallest absolute Gasteiger partial charge is 0.275 e. The third kappa shape index (κ3) is 21.3. The number of fused-ring (bicyclic) bond motifs is 6. The second-order valence-electron chi connectivity index (χ2n) is 32.0. The van der Waals surface area contributed by atoms with Crippen LogP contribution in [0.5, 0.6) is 23.0 Å². The van der Waals surface area contributed by atoms with Crippen LogP contribution in [0, 0.1) is 0 Å². The maximum Gasteiger partial charge on any atom is 0.275 e. The Hall–Kier alpha value is -7.20. The number of nitrogens with zero attached hydrogens (tertiary/aromatic N) is 13. The highest BCUT2D eigenvalue weighted by Gasteiger charge is 2.43. The number of rotatable bonds is 33. The van der Waals surface area contributed by atoms with E-state index in [1.165, 1.54) is 170 Å². The summed E-state index contributed by atoms with van der Waals surface area (Å²) in [5, 5.41) is 33.6. The molecular weight excluding hydrogens is 1430 g/mol. The van der Waals surface area contributed by atoms with E-state index in [0.29, 0.717) is 85.6 Å². The van der Waals surface area contributed by atoms with Crippen molar-refractivity contribution in [2.45, 2.75) is 236 Å². The molecular formula is C83H128FN14O8S2Si+. The van der Waals surface area contributed by atoms with Crippen LogP contribution < -0.4 is 23.7 Å². The number of H-pyrrole nitrogens is 1. The fourth-order valence-electron chi connectivity index (χ4n) is 15.0. The summed E-state index contributed by atoms with van der Waals surface area (Å²) in [5.41, 5.74) is 7.92. The molecule has 2 fully saturated rings. The van der Waals surface area contributed by atoms with Crippen molar-refractivity contribution in [2.75, 3.05) is 106 Å². The quantitative estimate of drug-likeness (QED) is 0.0301. The third-order valence-corrected chi connectivity index (χ3v) is 24.7. The van der Waals surface area contributed by atoms with Crippen molar-refractivity contribution in [2.24, 2.45) is 15.2 Å². The highest BCUT2D eigenvalue weighted by molar-refractivity contribution is 7.08. The van der Waals surface area contributed by atoms with Crippen LogP contribution in [0.25, 0.3) is 45.3 Å². The molecule has 5 aromatic heterocycles. The summed E-state index contributed by atoms with van der Waals surface area (Å²) in [6, 6.07) is 11.6. The Kier molecular flexibility index (Phi) is 32.7. The molecule has 0 bridgehead atoms. The molecule has 1 atom stereocenters. The van der Waals surface area contributed by atoms with Gasteiger partial charge in [-0.15, -0.1) is 5.11 Å². The Bertz CT molecular complexity index is 3930. The highest BCUT2D eigenvalue weighted by atomic mass is 32.1. The van der Waals surface area contributed by atoms with E-state index < -0.39 is 19.2 Å². The van der Waals surface area contributed by atoms with Gasteiger partial charge in [-0.25, -0.2) is 19.3 Å². The molecule has 7 aromatic rings. The SMILES string of the molecule is CCCC[N+](CCCC)(CCCC)CCCC.CCCC[N+](CCCC)(CCCC)CCCC.COc1cc2c(cc1-c1ncn[nH]1)-c1c(c(C(=O)N3CCOCC3(C)C)nn1-c1ccsc1)CO2.COc1cc2c(cc1C1=NC([Si](C)(C)C)N=N1)-c1c(c(C(=O)N3CCOCC3(C)C)nn1-c1ccsc1)CO2.[F-]. The topological polar surface area (TPSA) is 210 Å². The first-order valence-corrected chi connectivity index (χ1v) is 45.8. The Morgan fingerprint density at radius 3 is 1.28 bits per heavy atom. The number of aliphatic imine (C=N–C) groups is 1. The number of nitrogens with one attached hydrogen (secondary N) is 1. The zero-order valence-corrected chi connectivity index (χ0v) is 71.5. The predicted octanol–water partition coefficient (Wildman–Crippen LogP) is 15.7. The lowest BCUT2D eigenvalue weighted by atomic mass is 9.97. The fourth-order valence-corrected chi connectivity index (χ4v) is 17.2. The molecule has 109 heavy (non-hydrogen) atoms. The van der Waals surface area contributed by atoms with Gasteiger partial charge >= 0.3 is 0 Å². The van der Waals surface area contributed by atoms with Gasteiger partial charge < -0.3 is 51.9 Å². The number of thiophene rings is 2. The summed E-state index contributed by atoms with van der Waals surface area (Å²) >= 11 is 3.15. The van der Waals surface area contributed by atoms with E-state index in [1.54, 1.807) is 36.9 Å². The van der Waals surface area contributed by atoms with Crippen molar-refractivity contribution < 1.29 is 51.7 Å². The van der Waals surface area contributed by atoms with Crippen molar-refractivity contribution in [1.82, 2.24) is 44.5 Å². The molecule has 5 aliphatic heterocycles. The van der Waals surface area contributed by atoms with Crippen LogP contribution in [-0.2, 0) is 22.7 Å². The van der Waals surface area contributed by atoms with Gasteiger partial charge in [-0.1, -0.05) is 126 Å². The van der Waals surface area contributed by atoms with E-state index in [0.717, 1.165) is 56.1 Å². The maximum atomic E-state index is 14.0. The van der Waals surface area contributed by atoms with Crippen LogP contribution >= 0.6 is 22.7 Å². The number of amidine groups is 1. The second kappa shape index (κ2) is 40.8. The Morgan fingerprint density at radius 2 is 0.954 bits per heavy atom. The van der Waals surface area contributed by atoms with Gasteiger partial charge in [-0.2, -0.15) is 43.1 Å². The number of aromatic nitrogens is 7. The van der Waals surface area contributed by atoms with Gasteiger partial charge in [0.05, 0.1) is 138 Å². The molecule has 600 valence electrons. The van der Waals surface area contributed by atoms with Gasteiger partial charge in [-0.05, 0) is 114 Å². The van der Waals surface area contributed by atoms with Crippen LogP contribution in [0.15, 0.2) is 79.5 Å². The van der Waals surface area contributed by atoms with Gasteiger partial charge in [0.2, 0.25) is 0 Å². The summed E-state index contributed by atoms with van der Waals surface area (Å²) < 4.78 is 41.5. The first kappa shape index (κ1) is 87.4. The molecule has 1 unspecified atom stereocenters. The van der Waals surface area contributed by atoms with E-state index in [1.807, 2.05) is 105 Å². The standard InChI is InChI=1S/C27H32N6O4SSi.C24H24N6O4S.2C16H36N.FH/c1-27(2)15-36-9-8-32(27)25(34)22-19-13-37-21-12-20(35-3)18(24-28-26(30-29-24)39(4,5)6)11-17(21)23(19)33(31-22)16-7-10-38-14-16;1-24(2)12-33-6-5-29(24)23(31)20-17-10-34-19-9-18(32-3)16(22-25-13-26-27-22)8-15(19)21(17)30(28-20)14-4-7-35-11-14;2*1-5-9-13-17(14-10-6-2,15-11-7-3)16-12-8-4;/h7,10-12,14,26H,8-9,13,15H2,1-6H3;4,7-9,11,13H,5-6,10,12H2,1-3H3,(H,25,26,27);2*5-16H2,1-4H3;1H/q;;2*+1;/p-1. The Morgan fingerprint density at radius 1 is 0.569 bits per heavy atom. The van der Waals surface area contributed by atoms with Crippen LogP contribution in [0.3, 0.4) is 0 Å².